The maximum absolute atomic E-state index is 5.91. The average molecular weight is 266 g/mol. The van der Waals surface area contributed by atoms with Crippen LogP contribution in [0.4, 0.5) is 0 Å². The number of rotatable bonds is 5. The zero-order valence-electron chi connectivity index (χ0n) is 10.6. The lowest BCUT2D eigenvalue weighted by Gasteiger charge is -2.12. The first-order valence-electron chi connectivity index (χ1n) is 5.90. The Bertz CT molecular complexity index is 525. The molecule has 0 unspecified atom stereocenters. The third-order valence-corrected chi connectivity index (χ3v) is 3.07. The van der Waals surface area contributed by atoms with E-state index in [1.165, 1.54) is 0 Å². The van der Waals surface area contributed by atoms with Crippen molar-refractivity contribution in [2.75, 3.05) is 0 Å². The summed E-state index contributed by atoms with van der Waals surface area (Å²) in [4.78, 5) is 4.18. The van der Waals surface area contributed by atoms with Gasteiger partial charge in [-0.3, -0.25) is 0 Å². The summed E-state index contributed by atoms with van der Waals surface area (Å²) in [6.45, 7) is 5.23. The van der Waals surface area contributed by atoms with Crippen LogP contribution in [-0.2, 0) is 19.0 Å². The summed E-state index contributed by atoms with van der Waals surface area (Å²) in [7, 11) is 0. The smallest absolute Gasteiger partial charge is 0.164 e. The third-order valence-electron chi connectivity index (χ3n) is 2.78. The van der Waals surface area contributed by atoms with Gasteiger partial charge < -0.3 is 4.74 Å². The Balaban J connectivity index is 2.15. The fourth-order valence-corrected chi connectivity index (χ4v) is 2.04. The summed E-state index contributed by atoms with van der Waals surface area (Å²) >= 11 is 5.91. The van der Waals surface area contributed by atoms with Crippen LogP contribution < -0.4 is 4.74 Å². The molecule has 0 aliphatic rings. The number of hydrogen-bond donors (Lipinski definition) is 0. The van der Waals surface area contributed by atoms with Gasteiger partial charge in [0.05, 0.1) is 5.88 Å². The molecule has 5 heteroatoms. The van der Waals surface area contributed by atoms with Gasteiger partial charge in [-0.05, 0) is 19.4 Å². The minimum Gasteiger partial charge on any atom is -0.485 e. The van der Waals surface area contributed by atoms with Crippen LogP contribution >= 0.6 is 11.6 Å². The molecule has 0 spiro atoms. The fourth-order valence-electron chi connectivity index (χ4n) is 1.83. The number of benzene rings is 1. The number of hydrogen-bond acceptors (Lipinski definition) is 3. The van der Waals surface area contributed by atoms with E-state index in [0.29, 0.717) is 12.5 Å². The Morgan fingerprint density at radius 1 is 1.39 bits per heavy atom. The Hall–Kier alpha value is -1.55. The van der Waals surface area contributed by atoms with Gasteiger partial charge in [0.2, 0.25) is 0 Å². The number of aromatic nitrogens is 3. The lowest BCUT2D eigenvalue weighted by atomic mass is 10.1. The molecule has 2 rings (SSSR count). The molecular formula is C13H16ClN3O. The predicted molar refractivity (Wildman–Crippen MR) is 70.8 cm³/mol. The number of aryl methyl sites for hydroxylation is 2. The van der Waals surface area contributed by atoms with Crippen LogP contribution in [0.15, 0.2) is 24.5 Å². The molecule has 0 bridgehead atoms. The van der Waals surface area contributed by atoms with Gasteiger partial charge in [-0.2, -0.15) is 5.10 Å². The highest BCUT2D eigenvalue weighted by atomic mass is 35.5. The summed E-state index contributed by atoms with van der Waals surface area (Å²) in [5.41, 5.74) is 2.08. The number of para-hydroxylation sites is 1. The summed E-state index contributed by atoms with van der Waals surface area (Å²) < 4.78 is 7.66. The number of nitrogens with zero attached hydrogens (tertiary/aromatic N) is 3. The first kappa shape index (κ1) is 12.9. The van der Waals surface area contributed by atoms with E-state index in [-0.39, 0.29) is 0 Å². The Kier molecular flexibility index (Phi) is 4.20. The molecule has 0 amide bonds. The molecular weight excluding hydrogens is 250 g/mol. The lowest BCUT2D eigenvalue weighted by Crippen LogP contribution is -2.08. The molecule has 0 N–H and O–H groups in total. The van der Waals surface area contributed by atoms with Gasteiger partial charge in [-0.1, -0.05) is 18.2 Å². The molecule has 0 aliphatic carbocycles. The molecule has 0 radical (unpaired) electrons. The van der Waals surface area contributed by atoms with E-state index in [1.807, 2.05) is 36.7 Å². The van der Waals surface area contributed by atoms with Gasteiger partial charge in [-0.15, -0.1) is 11.6 Å². The molecule has 1 aromatic carbocycles. The number of halogens is 1. The van der Waals surface area contributed by atoms with Crippen LogP contribution in [0.25, 0.3) is 0 Å². The predicted octanol–water partition coefficient (Wildman–Crippen LogP) is 2.92. The molecule has 0 fully saturated rings. The molecule has 0 atom stereocenters. The minimum atomic E-state index is 0.405. The van der Waals surface area contributed by atoms with Crippen molar-refractivity contribution < 1.29 is 4.74 Å². The van der Waals surface area contributed by atoms with Crippen LogP contribution in [0.2, 0.25) is 0 Å². The molecule has 1 aromatic heterocycles. The van der Waals surface area contributed by atoms with Gasteiger partial charge in [0.25, 0.3) is 0 Å². The molecule has 0 saturated carbocycles. The van der Waals surface area contributed by atoms with Gasteiger partial charge in [-0.25, -0.2) is 9.67 Å². The second-order valence-corrected chi connectivity index (χ2v) is 4.24. The van der Waals surface area contributed by atoms with Crippen LogP contribution in [0.3, 0.4) is 0 Å². The molecule has 96 valence electrons. The van der Waals surface area contributed by atoms with Gasteiger partial charge in [0.1, 0.15) is 18.7 Å². The summed E-state index contributed by atoms with van der Waals surface area (Å²) in [6, 6.07) is 5.96. The largest absolute Gasteiger partial charge is 0.485 e. The zero-order chi connectivity index (χ0) is 13.0. The minimum absolute atomic E-state index is 0.405. The Labute approximate surface area is 112 Å². The van der Waals surface area contributed by atoms with Gasteiger partial charge >= 0.3 is 0 Å². The van der Waals surface area contributed by atoms with Crippen LogP contribution in [0, 0.1) is 6.92 Å². The quantitative estimate of drug-likeness (QED) is 0.781. The van der Waals surface area contributed by atoms with Crippen molar-refractivity contribution in [3.63, 3.8) is 0 Å². The maximum atomic E-state index is 5.91. The van der Waals surface area contributed by atoms with Gasteiger partial charge in [0, 0.05) is 12.1 Å². The highest BCUT2D eigenvalue weighted by molar-refractivity contribution is 6.17. The highest BCUT2D eigenvalue weighted by Crippen LogP contribution is 2.25. The summed E-state index contributed by atoms with van der Waals surface area (Å²) in [5, 5.41) is 4.11. The highest BCUT2D eigenvalue weighted by Gasteiger charge is 2.09. The Morgan fingerprint density at radius 3 is 2.94 bits per heavy atom. The van der Waals surface area contributed by atoms with Crippen molar-refractivity contribution in [1.29, 1.82) is 0 Å². The molecule has 4 nitrogen and oxygen atoms in total. The number of ether oxygens (including phenoxy) is 1. The molecule has 0 aliphatic heterocycles. The van der Waals surface area contributed by atoms with E-state index in [9.17, 15) is 0 Å². The topological polar surface area (TPSA) is 39.9 Å². The van der Waals surface area contributed by atoms with E-state index in [4.69, 9.17) is 16.3 Å². The average Bonchev–Trinajstić information content (AvgIpc) is 2.84. The molecule has 18 heavy (non-hydrogen) atoms. The standard InChI is InChI=1S/C13H16ClN3O/c1-3-17-12(15-9-16-17)8-18-13-10(2)5-4-6-11(13)7-14/h4-6,9H,3,7-8H2,1-2H3. The van der Waals surface area contributed by atoms with Crippen molar-refractivity contribution in [2.45, 2.75) is 32.9 Å². The lowest BCUT2D eigenvalue weighted by molar-refractivity contribution is 0.283. The monoisotopic (exact) mass is 265 g/mol. The van der Waals surface area contributed by atoms with E-state index >= 15 is 0 Å². The van der Waals surface area contributed by atoms with E-state index < -0.39 is 0 Å². The van der Waals surface area contributed by atoms with Crippen molar-refractivity contribution in [3.8, 4) is 5.75 Å². The molecule has 2 aromatic rings. The van der Waals surface area contributed by atoms with Crippen LogP contribution in [-0.4, -0.2) is 14.8 Å². The number of alkyl halides is 1. The van der Waals surface area contributed by atoms with Crippen molar-refractivity contribution in [3.05, 3.63) is 41.5 Å². The summed E-state index contributed by atoms with van der Waals surface area (Å²) in [6.07, 6.45) is 1.54. The van der Waals surface area contributed by atoms with Crippen LogP contribution in [0.1, 0.15) is 23.9 Å². The second kappa shape index (κ2) is 5.87. The van der Waals surface area contributed by atoms with Crippen molar-refractivity contribution in [1.82, 2.24) is 14.8 Å². The molecule has 1 heterocycles. The normalized spacial score (nSPS) is 10.6. The first-order chi connectivity index (χ1) is 8.76. The Morgan fingerprint density at radius 2 is 2.22 bits per heavy atom. The zero-order valence-corrected chi connectivity index (χ0v) is 11.3. The fraction of sp³-hybridized carbons (Fsp3) is 0.385. The van der Waals surface area contributed by atoms with Gasteiger partial charge in [0.15, 0.2) is 5.82 Å². The van der Waals surface area contributed by atoms with E-state index in [0.717, 1.165) is 29.2 Å². The van der Waals surface area contributed by atoms with E-state index in [2.05, 4.69) is 10.1 Å². The van der Waals surface area contributed by atoms with E-state index in [1.54, 1.807) is 6.33 Å². The second-order valence-electron chi connectivity index (χ2n) is 3.98. The third kappa shape index (κ3) is 2.64. The summed E-state index contributed by atoms with van der Waals surface area (Å²) in [5.74, 6) is 2.11. The SMILES string of the molecule is CCn1ncnc1COc1c(C)cccc1CCl. The van der Waals surface area contributed by atoms with Crippen molar-refractivity contribution >= 4 is 11.6 Å². The van der Waals surface area contributed by atoms with Crippen molar-refractivity contribution in [2.24, 2.45) is 0 Å². The molecule has 0 saturated heterocycles. The first-order valence-corrected chi connectivity index (χ1v) is 6.43. The maximum Gasteiger partial charge on any atom is 0.164 e. The van der Waals surface area contributed by atoms with Crippen LogP contribution in [0.5, 0.6) is 5.75 Å².